The summed E-state index contributed by atoms with van der Waals surface area (Å²) in [5.41, 5.74) is 7.11. The summed E-state index contributed by atoms with van der Waals surface area (Å²) in [6, 6.07) is 10.6. The molecule has 1 aromatic carbocycles. The molecule has 2 aromatic heterocycles. The van der Waals surface area contributed by atoms with Crippen molar-refractivity contribution in [3.8, 4) is 5.75 Å². The van der Waals surface area contributed by atoms with Crippen molar-refractivity contribution < 1.29 is 9.63 Å². The lowest BCUT2D eigenvalue weighted by Crippen LogP contribution is -2.13. The van der Waals surface area contributed by atoms with E-state index in [9.17, 15) is 5.11 Å². The van der Waals surface area contributed by atoms with E-state index in [-0.39, 0.29) is 11.8 Å². The summed E-state index contributed by atoms with van der Waals surface area (Å²) in [5.74, 6) is 1.33. The molecule has 108 valence electrons. The molecule has 5 nitrogen and oxygen atoms in total. The fourth-order valence-electron chi connectivity index (χ4n) is 2.03. The number of thiophene rings is 1. The molecule has 0 radical (unpaired) electrons. The van der Waals surface area contributed by atoms with E-state index < -0.39 is 0 Å². The van der Waals surface area contributed by atoms with Gasteiger partial charge < -0.3 is 15.4 Å². The van der Waals surface area contributed by atoms with Crippen molar-refractivity contribution in [3.05, 3.63) is 63.9 Å². The molecule has 0 aliphatic carbocycles. The van der Waals surface area contributed by atoms with E-state index in [2.05, 4.69) is 10.1 Å². The third-order valence-corrected chi connectivity index (χ3v) is 3.98. The number of phenols is 1. The smallest absolute Gasteiger partial charge is 0.243 e. The summed E-state index contributed by atoms with van der Waals surface area (Å²) in [7, 11) is 0. The van der Waals surface area contributed by atoms with Gasteiger partial charge in [0.1, 0.15) is 5.75 Å². The molecule has 2 heterocycles. The number of rotatable bonds is 5. The molecule has 0 aliphatic heterocycles. The van der Waals surface area contributed by atoms with Crippen LogP contribution in [-0.4, -0.2) is 15.2 Å². The van der Waals surface area contributed by atoms with Crippen LogP contribution < -0.4 is 5.73 Å². The molecule has 0 saturated carbocycles. The topological polar surface area (TPSA) is 85.2 Å². The molecule has 3 rings (SSSR count). The Kier molecular flexibility index (Phi) is 3.98. The summed E-state index contributed by atoms with van der Waals surface area (Å²) >= 11 is 1.66. The Bertz CT molecular complexity index is 692. The van der Waals surface area contributed by atoms with Gasteiger partial charge in [0.15, 0.2) is 5.82 Å². The van der Waals surface area contributed by atoms with Crippen LogP contribution in [0.25, 0.3) is 0 Å². The third kappa shape index (κ3) is 3.48. The first-order chi connectivity index (χ1) is 10.2. The van der Waals surface area contributed by atoms with E-state index in [4.69, 9.17) is 10.3 Å². The minimum Gasteiger partial charge on any atom is -0.508 e. The van der Waals surface area contributed by atoms with Gasteiger partial charge in [-0.3, -0.25) is 0 Å². The minimum atomic E-state index is -0.348. The van der Waals surface area contributed by atoms with Crippen LogP contribution in [0.2, 0.25) is 0 Å². The standard InChI is InChI=1S/C15H15N3O2S/c16-13(8-10-3-5-11(19)6-4-10)15-17-14(18-20-15)9-12-2-1-7-21-12/h1-7,13,19H,8-9,16H2/t13-/m0/s1. The van der Waals surface area contributed by atoms with Crippen molar-refractivity contribution in [2.45, 2.75) is 18.9 Å². The van der Waals surface area contributed by atoms with Gasteiger partial charge in [-0.05, 0) is 35.6 Å². The zero-order chi connectivity index (χ0) is 14.7. The van der Waals surface area contributed by atoms with Crippen LogP contribution >= 0.6 is 11.3 Å². The van der Waals surface area contributed by atoms with Crippen molar-refractivity contribution >= 4 is 11.3 Å². The molecular formula is C15H15N3O2S. The Morgan fingerprint density at radius 2 is 2.05 bits per heavy atom. The number of aromatic hydroxyl groups is 1. The van der Waals surface area contributed by atoms with E-state index in [0.717, 1.165) is 5.56 Å². The molecule has 3 N–H and O–H groups in total. The average Bonchev–Trinajstić information content (AvgIpc) is 3.13. The zero-order valence-electron chi connectivity index (χ0n) is 11.3. The lowest BCUT2D eigenvalue weighted by atomic mass is 10.1. The molecule has 0 saturated heterocycles. The maximum atomic E-state index is 9.26. The number of phenolic OH excluding ortho intramolecular Hbond substituents is 1. The Morgan fingerprint density at radius 1 is 1.24 bits per heavy atom. The first-order valence-corrected chi connectivity index (χ1v) is 7.47. The fourth-order valence-corrected chi connectivity index (χ4v) is 2.73. The first kappa shape index (κ1) is 13.8. The lowest BCUT2D eigenvalue weighted by Gasteiger charge is -2.06. The van der Waals surface area contributed by atoms with Gasteiger partial charge >= 0.3 is 0 Å². The van der Waals surface area contributed by atoms with Gasteiger partial charge in [-0.15, -0.1) is 11.3 Å². The van der Waals surface area contributed by atoms with Crippen LogP contribution in [0.3, 0.4) is 0 Å². The van der Waals surface area contributed by atoms with Crippen LogP contribution in [0.15, 0.2) is 46.3 Å². The Balaban J connectivity index is 1.66. The molecule has 0 fully saturated rings. The normalized spacial score (nSPS) is 12.4. The Hall–Kier alpha value is -2.18. The van der Waals surface area contributed by atoms with Crippen molar-refractivity contribution in [1.82, 2.24) is 10.1 Å². The number of benzene rings is 1. The first-order valence-electron chi connectivity index (χ1n) is 6.59. The minimum absolute atomic E-state index is 0.239. The molecule has 21 heavy (non-hydrogen) atoms. The van der Waals surface area contributed by atoms with E-state index in [1.165, 1.54) is 4.88 Å². The average molecular weight is 301 g/mol. The van der Waals surface area contributed by atoms with Crippen molar-refractivity contribution in [1.29, 1.82) is 0 Å². The number of hydrogen-bond donors (Lipinski definition) is 2. The molecule has 0 spiro atoms. The molecule has 0 amide bonds. The fraction of sp³-hybridized carbons (Fsp3) is 0.200. The van der Waals surface area contributed by atoms with E-state index >= 15 is 0 Å². The molecule has 0 bridgehead atoms. The molecular weight excluding hydrogens is 286 g/mol. The Morgan fingerprint density at radius 3 is 2.76 bits per heavy atom. The maximum Gasteiger partial charge on any atom is 0.243 e. The SMILES string of the molecule is N[C@@H](Cc1ccc(O)cc1)c1nc(Cc2cccs2)no1. The second-order valence-electron chi connectivity index (χ2n) is 4.78. The summed E-state index contributed by atoms with van der Waals surface area (Å²) in [5, 5.41) is 15.3. The second kappa shape index (κ2) is 6.07. The maximum absolute atomic E-state index is 9.26. The molecule has 0 aliphatic rings. The summed E-state index contributed by atoms with van der Waals surface area (Å²) in [6.07, 6.45) is 1.24. The van der Waals surface area contributed by atoms with Crippen molar-refractivity contribution in [3.63, 3.8) is 0 Å². The van der Waals surface area contributed by atoms with Crippen LogP contribution in [0.1, 0.15) is 28.2 Å². The predicted octanol–water partition coefficient (Wildman–Crippen LogP) is 2.67. The van der Waals surface area contributed by atoms with E-state index in [1.54, 1.807) is 23.5 Å². The van der Waals surface area contributed by atoms with E-state index in [0.29, 0.717) is 24.6 Å². The van der Waals surface area contributed by atoms with Gasteiger partial charge in [0.05, 0.1) is 6.04 Å². The summed E-state index contributed by atoms with van der Waals surface area (Å²) in [6.45, 7) is 0. The van der Waals surface area contributed by atoms with Gasteiger partial charge in [-0.1, -0.05) is 23.4 Å². The summed E-state index contributed by atoms with van der Waals surface area (Å²) in [4.78, 5) is 5.54. The largest absolute Gasteiger partial charge is 0.508 e. The molecule has 3 aromatic rings. The monoisotopic (exact) mass is 301 g/mol. The highest BCUT2D eigenvalue weighted by Crippen LogP contribution is 2.18. The van der Waals surface area contributed by atoms with E-state index in [1.807, 2.05) is 29.6 Å². The number of hydrogen-bond acceptors (Lipinski definition) is 6. The molecule has 0 unspecified atom stereocenters. The van der Waals surface area contributed by atoms with Gasteiger partial charge in [-0.2, -0.15) is 4.98 Å². The van der Waals surface area contributed by atoms with Crippen molar-refractivity contribution in [2.75, 3.05) is 0 Å². The predicted molar refractivity (Wildman–Crippen MR) is 80.2 cm³/mol. The quantitative estimate of drug-likeness (QED) is 0.756. The molecule has 1 atom stereocenters. The van der Waals surface area contributed by atoms with Crippen LogP contribution in [-0.2, 0) is 12.8 Å². The van der Waals surface area contributed by atoms with Gasteiger partial charge in [0.2, 0.25) is 5.89 Å². The Labute approximate surface area is 126 Å². The lowest BCUT2D eigenvalue weighted by molar-refractivity contribution is 0.350. The third-order valence-electron chi connectivity index (χ3n) is 3.11. The van der Waals surface area contributed by atoms with Gasteiger partial charge in [0, 0.05) is 11.3 Å². The number of nitrogens with zero attached hydrogens (tertiary/aromatic N) is 2. The second-order valence-corrected chi connectivity index (χ2v) is 5.81. The van der Waals surface area contributed by atoms with Crippen molar-refractivity contribution in [2.24, 2.45) is 5.73 Å². The zero-order valence-corrected chi connectivity index (χ0v) is 12.1. The van der Waals surface area contributed by atoms with Gasteiger partial charge in [0.25, 0.3) is 0 Å². The van der Waals surface area contributed by atoms with Crippen LogP contribution in [0.4, 0.5) is 0 Å². The van der Waals surface area contributed by atoms with Crippen LogP contribution in [0, 0.1) is 0 Å². The highest BCUT2D eigenvalue weighted by atomic mass is 32.1. The number of aromatic nitrogens is 2. The highest BCUT2D eigenvalue weighted by Gasteiger charge is 2.15. The van der Waals surface area contributed by atoms with Gasteiger partial charge in [-0.25, -0.2) is 0 Å². The molecule has 6 heteroatoms. The highest BCUT2D eigenvalue weighted by molar-refractivity contribution is 7.09. The van der Waals surface area contributed by atoms with Crippen LogP contribution in [0.5, 0.6) is 5.75 Å². The summed E-state index contributed by atoms with van der Waals surface area (Å²) < 4.78 is 5.24. The number of nitrogens with two attached hydrogens (primary N) is 1.